The number of para-hydroxylation sites is 2. The van der Waals surface area contributed by atoms with Crippen LogP contribution in [0.15, 0.2) is 212 Å². The van der Waals surface area contributed by atoms with Crippen LogP contribution in [0.25, 0.3) is 65.0 Å². The zero-order valence-corrected chi connectivity index (χ0v) is 39.6. The molecule has 0 bridgehead atoms. The third kappa shape index (κ3) is 6.35. The number of hydrogen-bond donors (Lipinski definition) is 0. The lowest BCUT2D eigenvalue weighted by Crippen LogP contribution is -2.56. The third-order valence-electron chi connectivity index (χ3n) is 14.1. The van der Waals surface area contributed by atoms with Crippen molar-refractivity contribution in [3.05, 3.63) is 212 Å². The molecular weight excluding hydrogens is 817 g/mol. The normalized spacial score (nSPS) is 13.1. The van der Waals surface area contributed by atoms with Crippen molar-refractivity contribution in [2.24, 2.45) is 0 Å². The molecule has 1 aliphatic heterocycles. The predicted molar refractivity (Wildman–Crippen MR) is 289 cm³/mol. The maximum atomic E-state index is 2.55. The first-order valence-electron chi connectivity index (χ1n) is 22.9. The van der Waals surface area contributed by atoms with Crippen molar-refractivity contribution in [3.63, 3.8) is 0 Å². The Balaban J connectivity index is 1.07. The standard InChI is InChI=1S/C61H50N2Si2/c1-64(2,3)48-33-29-45(30-34-48)62(43-18-8-6-9-19-43)47-32-36-53-57-39-55-51-23-14-15-24-52(51)58(40-56(55)54-25-16-26-59(61(54)57)65(4,5)60(53)38-47)63(44-20-10-7-11-21-44)46-31-35-50-42(37-46)28-27-41-17-12-13-22-49(41)50/h6-40H,1-5H3. The second-order valence-electron chi connectivity index (χ2n) is 19.4. The van der Waals surface area contributed by atoms with Crippen LogP contribution in [0.5, 0.6) is 0 Å². The minimum atomic E-state index is -2.23. The van der Waals surface area contributed by atoms with E-state index < -0.39 is 16.1 Å². The molecule has 0 aliphatic carbocycles. The molecule has 1 aliphatic rings. The van der Waals surface area contributed by atoms with Gasteiger partial charge in [-0.15, -0.1) is 0 Å². The molecule has 0 spiro atoms. The first kappa shape index (κ1) is 39.4. The Morgan fingerprint density at radius 3 is 1.63 bits per heavy atom. The van der Waals surface area contributed by atoms with Crippen LogP contribution in [0.2, 0.25) is 32.7 Å². The quantitative estimate of drug-likeness (QED) is 0.116. The van der Waals surface area contributed by atoms with Gasteiger partial charge in [-0.25, -0.2) is 0 Å². The average molecular weight is 867 g/mol. The fraction of sp³-hybridized carbons (Fsp3) is 0.0820. The van der Waals surface area contributed by atoms with E-state index in [1.54, 1.807) is 0 Å². The molecule has 0 N–H and O–H groups in total. The Hall–Kier alpha value is -7.25. The van der Waals surface area contributed by atoms with Gasteiger partial charge in [-0.05, 0) is 143 Å². The highest BCUT2D eigenvalue weighted by molar-refractivity contribution is 7.03. The number of rotatable bonds is 7. The molecule has 0 aromatic heterocycles. The van der Waals surface area contributed by atoms with Gasteiger partial charge in [0, 0.05) is 33.8 Å². The average Bonchev–Trinajstić information content (AvgIpc) is 3.34. The fourth-order valence-electron chi connectivity index (χ4n) is 10.8. The van der Waals surface area contributed by atoms with Crippen molar-refractivity contribution in [1.29, 1.82) is 0 Å². The smallest absolute Gasteiger partial charge is 0.113 e. The van der Waals surface area contributed by atoms with E-state index in [1.807, 2.05) is 0 Å². The molecule has 12 rings (SSSR count). The molecule has 0 amide bonds. The molecule has 1 heterocycles. The van der Waals surface area contributed by atoms with E-state index in [2.05, 4.69) is 255 Å². The van der Waals surface area contributed by atoms with Gasteiger partial charge in [-0.3, -0.25) is 0 Å². The van der Waals surface area contributed by atoms with Crippen LogP contribution < -0.4 is 25.4 Å². The maximum absolute atomic E-state index is 2.55. The van der Waals surface area contributed by atoms with Crippen molar-refractivity contribution in [1.82, 2.24) is 0 Å². The first-order chi connectivity index (χ1) is 31.6. The molecule has 65 heavy (non-hydrogen) atoms. The summed E-state index contributed by atoms with van der Waals surface area (Å²) < 4.78 is 0. The van der Waals surface area contributed by atoms with E-state index in [-0.39, 0.29) is 0 Å². The van der Waals surface area contributed by atoms with Gasteiger partial charge in [0.05, 0.1) is 13.8 Å². The third-order valence-corrected chi connectivity index (χ3v) is 19.7. The van der Waals surface area contributed by atoms with Crippen molar-refractivity contribution < 1.29 is 0 Å². The molecule has 0 saturated heterocycles. The summed E-state index contributed by atoms with van der Waals surface area (Å²) in [5.41, 5.74) is 9.70. The lowest BCUT2D eigenvalue weighted by molar-refractivity contribution is 1.29. The minimum Gasteiger partial charge on any atom is -0.311 e. The Kier molecular flexibility index (Phi) is 9.03. The summed E-state index contributed by atoms with van der Waals surface area (Å²) >= 11 is 0. The molecule has 0 radical (unpaired) electrons. The summed E-state index contributed by atoms with van der Waals surface area (Å²) in [4.78, 5) is 4.92. The van der Waals surface area contributed by atoms with Crippen molar-refractivity contribution >= 4 is 120 Å². The molecule has 0 unspecified atom stereocenters. The predicted octanol–water partition coefficient (Wildman–Crippen LogP) is 15.7. The molecule has 2 nitrogen and oxygen atoms in total. The van der Waals surface area contributed by atoms with Crippen LogP contribution in [-0.2, 0) is 0 Å². The van der Waals surface area contributed by atoms with Gasteiger partial charge in [0.1, 0.15) is 8.07 Å². The van der Waals surface area contributed by atoms with E-state index in [4.69, 9.17) is 0 Å². The fourth-order valence-corrected chi connectivity index (χ4v) is 15.1. The largest absolute Gasteiger partial charge is 0.311 e. The van der Waals surface area contributed by atoms with E-state index in [0.717, 1.165) is 11.4 Å². The molecule has 0 fully saturated rings. The van der Waals surface area contributed by atoms with Gasteiger partial charge in [-0.2, -0.15) is 0 Å². The minimum absolute atomic E-state index is 1.13. The van der Waals surface area contributed by atoms with Crippen LogP contribution in [-0.4, -0.2) is 16.1 Å². The maximum Gasteiger partial charge on any atom is 0.113 e. The van der Waals surface area contributed by atoms with Crippen molar-refractivity contribution in [2.75, 3.05) is 9.80 Å². The monoisotopic (exact) mass is 866 g/mol. The second-order valence-corrected chi connectivity index (χ2v) is 28.8. The number of fused-ring (bicyclic) bond motifs is 9. The summed E-state index contributed by atoms with van der Waals surface area (Å²) in [6, 6.07) is 79.8. The molecular formula is C61H50N2Si2. The van der Waals surface area contributed by atoms with Gasteiger partial charge in [0.15, 0.2) is 0 Å². The molecule has 0 atom stereocenters. The number of benzene rings is 11. The Morgan fingerprint density at radius 2 is 0.892 bits per heavy atom. The Bertz CT molecular complexity index is 3670. The Labute approximate surface area is 383 Å². The number of nitrogens with zero attached hydrogens (tertiary/aromatic N) is 2. The van der Waals surface area contributed by atoms with Gasteiger partial charge < -0.3 is 9.80 Å². The molecule has 312 valence electrons. The summed E-state index contributed by atoms with van der Waals surface area (Å²) in [5.74, 6) is 0. The summed E-state index contributed by atoms with van der Waals surface area (Å²) in [7, 11) is -3.69. The highest BCUT2D eigenvalue weighted by Crippen LogP contribution is 2.47. The van der Waals surface area contributed by atoms with Crippen LogP contribution in [0.4, 0.5) is 34.1 Å². The summed E-state index contributed by atoms with van der Waals surface area (Å²) in [6.07, 6.45) is 0. The zero-order valence-electron chi connectivity index (χ0n) is 37.6. The van der Waals surface area contributed by atoms with Gasteiger partial charge in [0.2, 0.25) is 0 Å². The van der Waals surface area contributed by atoms with E-state index >= 15 is 0 Å². The van der Waals surface area contributed by atoms with Crippen LogP contribution in [0.3, 0.4) is 0 Å². The molecule has 0 saturated carbocycles. The topological polar surface area (TPSA) is 6.48 Å². The zero-order chi connectivity index (χ0) is 44.0. The lowest BCUT2D eigenvalue weighted by atomic mass is 9.89. The van der Waals surface area contributed by atoms with Crippen molar-refractivity contribution in [3.8, 4) is 11.1 Å². The summed E-state index contributed by atoms with van der Waals surface area (Å²) in [6.45, 7) is 12.4. The first-order valence-corrected chi connectivity index (χ1v) is 29.4. The molecule has 11 aromatic carbocycles. The molecule has 4 heteroatoms. The molecule has 11 aromatic rings. The number of hydrogen-bond acceptors (Lipinski definition) is 2. The van der Waals surface area contributed by atoms with E-state index in [1.165, 1.54) is 103 Å². The SMILES string of the molecule is C[Si](C)(C)c1ccc(N(c2ccccc2)c2ccc3c(c2)[Si](C)(C)c2cccc4c2c-3cc2c3ccccc3c(N(c3ccccc3)c3ccc5c(ccc6ccccc65)c3)cc42)cc1. The second kappa shape index (κ2) is 14.9. The van der Waals surface area contributed by atoms with Crippen molar-refractivity contribution in [2.45, 2.75) is 32.7 Å². The van der Waals surface area contributed by atoms with Crippen LogP contribution in [0, 0.1) is 0 Å². The van der Waals surface area contributed by atoms with Gasteiger partial charge in [-0.1, -0.05) is 177 Å². The highest BCUT2D eigenvalue weighted by Gasteiger charge is 2.37. The van der Waals surface area contributed by atoms with E-state index in [9.17, 15) is 0 Å². The summed E-state index contributed by atoms with van der Waals surface area (Å²) in [5, 5.41) is 17.3. The highest BCUT2D eigenvalue weighted by atomic mass is 28.3. The Morgan fingerprint density at radius 1 is 0.338 bits per heavy atom. The van der Waals surface area contributed by atoms with Crippen LogP contribution in [0.1, 0.15) is 0 Å². The van der Waals surface area contributed by atoms with Gasteiger partial charge in [0.25, 0.3) is 0 Å². The van der Waals surface area contributed by atoms with E-state index in [0.29, 0.717) is 0 Å². The number of anilines is 6. The van der Waals surface area contributed by atoms with Crippen LogP contribution >= 0.6 is 0 Å². The lowest BCUT2D eigenvalue weighted by Gasteiger charge is -2.36. The van der Waals surface area contributed by atoms with Gasteiger partial charge >= 0.3 is 0 Å².